The highest BCUT2D eigenvalue weighted by molar-refractivity contribution is 4.82. The van der Waals surface area contributed by atoms with Crippen LogP contribution in [0.5, 0.6) is 0 Å². The molecule has 1 rings (SSSR count). The molecule has 1 aromatic heterocycles. The van der Waals surface area contributed by atoms with Gasteiger partial charge in [-0.3, -0.25) is 9.78 Å². The molecule has 0 radical (unpaired) electrons. The predicted molar refractivity (Wildman–Crippen MR) is 43.0 cm³/mol. The van der Waals surface area contributed by atoms with Crippen LogP contribution in [0.15, 0.2) is 21.9 Å². The van der Waals surface area contributed by atoms with E-state index >= 15 is 0 Å². The van der Waals surface area contributed by atoms with Gasteiger partial charge in [0.2, 0.25) is 0 Å². The van der Waals surface area contributed by atoms with Crippen LogP contribution in [0.1, 0.15) is 6.42 Å². The van der Waals surface area contributed by atoms with Gasteiger partial charge in [-0.2, -0.15) is 0 Å². The Hall–Kier alpha value is -1.36. The normalized spacial score (nSPS) is 10.1. The van der Waals surface area contributed by atoms with Crippen molar-refractivity contribution in [1.82, 2.24) is 9.55 Å². The number of aromatic amines is 1. The standard InChI is InChI=1S/C7H10N2O3/c10-5-1-3-9-4-2-6(11)8-7(9)12/h2,4,10H,1,3,5H2,(H,8,11,12). The van der Waals surface area contributed by atoms with Crippen molar-refractivity contribution >= 4 is 0 Å². The molecule has 5 nitrogen and oxygen atoms in total. The van der Waals surface area contributed by atoms with E-state index in [-0.39, 0.29) is 6.61 Å². The Balaban J connectivity index is 2.87. The summed E-state index contributed by atoms with van der Waals surface area (Å²) in [6, 6.07) is 1.28. The summed E-state index contributed by atoms with van der Waals surface area (Å²) in [5.74, 6) is 0. The first kappa shape index (κ1) is 8.73. The van der Waals surface area contributed by atoms with Gasteiger partial charge in [0.15, 0.2) is 0 Å². The van der Waals surface area contributed by atoms with Crippen molar-refractivity contribution in [1.29, 1.82) is 0 Å². The highest BCUT2D eigenvalue weighted by atomic mass is 16.3. The Morgan fingerprint density at radius 1 is 1.50 bits per heavy atom. The van der Waals surface area contributed by atoms with E-state index in [4.69, 9.17) is 5.11 Å². The van der Waals surface area contributed by atoms with Gasteiger partial charge in [0.25, 0.3) is 5.56 Å². The maximum absolute atomic E-state index is 11.0. The van der Waals surface area contributed by atoms with Gasteiger partial charge in [0.05, 0.1) is 0 Å². The maximum Gasteiger partial charge on any atom is 0.328 e. The number of nitrogens with zero attached hydrogens (tertiary/aromatic N) is 1. The second-order valence-electron chi connectivity index (χ2n) is 2.38. The average Bonchev–Trinajstić information content (AvgIpc) is 2.03. The fraction of sp³-hybridized carbons (Fsp3) is 0.429. The summed E-state index contributed by atoms with van der Waals surface area (Å²) >= 11 is 0. The number of aromatic nitrogens is 2. The van der Waals surface area contributed by atoms with Crippen molar-refractivity contribution in [3.63, 3.8) is 0 Å². The minimum Gasteiger partial charge on any atom is -0.396 e. The molecule has 12 heavy (non-hydrogen) atoms. The quantitative estimate of drug-likeness (QED) is 0.605. The van der Waals surface area contributed by atoms with Crippen molar-refractivity contribution in [2.75, 3.05) is 6.61 Å². The second-order valence-corrected chi connectivity index (χ2v) is 2.38. The number of H-pyrrole nitrogens is 1. The fourth-order valence-corrected chi connectivity index (χ4v) is 0.861. The summed E-state index contributed by atoms with van der Waals surface area (Å²) in [7, 11) is 0. The van der Waals surface area contributed by atoms with Gasteiger partial charge in [0.1, 0.15) is 0 Å². The van der Waals surface area contributed by atoms with Gasteiger partial charge >= 0.3 is 5.69 Å². The van der Waals surface area contributed by atoms with Crippen LogP contribution >= 0.6 is 0 Å². The Morgan fingerprint density at radius 3 is 2.83 bits per heavy atom. The van der Waals surface area contributed by atoms with Crippen molar-refractivity contribution in [2.45, 2.75) is 13.0 Å². The monoisotopic (exact) mass is 170 g/mol. The van der Waals surface area contributed by atoms with E-state index in [1.807, 2.05) is 0 Å². The molecule has 0 aliphatic heterocycles. The molecule has 0 aliphatic rings. The van der Waals surface area contributed by atoms with Gasteiger partial charge in [-0.05, 0) is 6.42 Å². The van der Waals surface area contributed by atoms with Crippen LogP contribution in [-0.4, -0.2) is 21.3 Å². The lowest BCUT2D eigenvalue weighted by Gasteiger charge is -2.00. The molecule has 5 heteroatoms. The highest BCUT2D eigenvalue weighted by Gasteiger charge is 1.94. The Morgan fingerprint density at radius 2 is 2.25 bits per heavy atom. The summed E-state index contributed by atoms with van der Waals surface area (Å²) < 4.78 is 1.34. The molecule has 0 aliphatic carbocycles. The Bertz CT molecular complexity index is 352. The molecular weight excluding hydrogens is 160 g/mol. The van der Waals surface area contributed by atoms with E-state index < -0.39 is 11.2 Å². The number of rotatable bonds is 3. The van der Waals surface area contributed by atoms with Gasteiger partial charge in [-0.15, -0.1) is 0 Å². The minimum absolute atomic E-state index is 0.0333. The van der Waals surface area contributed by atoms with Crippen LogP contribution < -0.4 is 11.2 Å². The SMILES string of the molecule is O=c1ccn(CCCO)c(=O)[nH]1. The molecule has 0 atom stereocenters. The van der Waals surface area contributed by atoms with E-state index in [2.05, 4.69) is 4.98 Å². The topological polar surface area (TPSA) is 75.1 Å². The van der Waals surface area contributed by atoms with E-state index in [0.29, 0.717) is 13.0 Å². The molecule has 66 valence electrons. The number of aliphatic hydroxyl groups is 1. The fourth-order valence-electron chi connectivity index (χ4n) is 0.861. The van der Waals surface area contributed by atoms with Crippen LogP contribution in [0.25, 0.3) is 0 Å². The molecule has 1 heterocycles. The summed E-state index contributed by atoms with van der Waals surface area (Å²) in [5.41, 5.74) is -0.837. The Kier molecular flexibility index (Phi) is 2.82. The summed E-state index contributed by atoms with van der Waals surface area (Å²) in [6.45, 7) is 0.456. The van der Waals surface area contributed by atoms with E-state index in [0.717, 1.165) is 0 Å². The van der Waals surface area contributed by atoms with Gasteiger partial charge in [-0.25, -0.2) is 4.79 Å². The van der Waals surface area contributed by atoms with Crippen LogP contribution in [0.4, 0.5) is 0 Å². The molecule has 0 spiro atoms. The summed E-state index contributed by atoms with van der Waals surface area (Å²) in [6.07, 6.45) is 1.92. The van der Waals surface area contributed by atoms with Crippen molar-refractivity contribution in [3.8, 4) is 0 Å². The number of aliphatic hydroxyl groups excluding tert-OH is 1. The molecule has 0 fully saturated rings. The zero-order chi connectivity index (χ0) is 8.97. The van der Waals surface area contributed by atoms with Crippen molar-refractivity contribution in [2.24, 2.45) is 0 Å². The molecule has 0 aromatic carbocycles. The smallest absolute Gasteiger partial charge is 0.328 e. The largest absolute Gasteiger partial charge is 0.396 e. The van der Waals surface area contributed by atoms with Crippen LogP contribution in [0.2, 0.25) is 0 Å². The minimum atomic E-state index is -0.434. The predicted octanol–water partition coefficient (Wildman–Crippen LogP) is -1.08. The molecule has 1 aromatic rings. The molecule has 0 amide bonds. The Labute approximate surface area is 68.3 Å². The first-order chi connectivity index (χ1) is 5.74. The number of aryl methyl sites for hydroxylation is 1. The third-order valence-corrected chi connectivity index (χ3v) is 1.45. The lowest BCUT2D eigenvalue weighted by Crippen LogP contribution is -2.28. The maximum atomic E-state index is 11.0. The molecule has 0 unspecified atom stereocenters. The number of hydrogen-bond donors (Lipinski definition) is 2. The van der Waals surface area contributed by atoms with Crippen molar-refractivity contribution in [3.05, 3.63) is 33.1 Å². The zero-order valence-corrected chi connectivity index (χ0v) is 6.49. The average molecular weight is 170 g/mol. The second kappa shape index (κ2) is 3.87. The third-order valence-electron chi connectivity index (χ3n) is 1.45. The molecule has 2 N–H and O–H groups in total. The van der Waals surface area contributed by atoms with E-state index in [1.54, 1.807) is 0 Å². The molecular formula is C7H10N2O3. The van der Waals surface area contributed by atoms with Crippen LogP contribution in [0, 0.1) is 0 Å². The van der Waals surface area contributed by atoms with Gasteiger partial charge < -0.3 is 9.67 Å². The zero-order valence-electron chi connectivity index (χ0n) is 6.49. The third kappa shape index (κ3) is 2.06. The number of hydrogen-bond acceptors (Lipinski definition) is 3. The first-order valence-corrected chi connectivity index (χ1v) is 3.64. The highest BCUT2D eigenvalue weighted by Crippen LogP contribution is 1.81. The van der Waals surface area contributed by atoms with E-state index in [1.165, 1.54) is 16.8 Å². The lowest BCUT2D eigenvalue weighted by molar-refractivity contribution is 0.278. The molecule has 0 bridgehead atoms. The summed E-state index contributed by atoms with van der Waals surface area (Å²) in [5, 5.41) is 8.49. The molecule has 0 saturated carbocycles. The lowest BCUT2D eigenvalue weighted by atomic mass is 10.4. The van der Waals surface area contributed by atoms with Gasteiger partial charge in [-0.1, -0.05) is 0 Å². The molecule has 0 saturated heterocycles. The van der Waals surface area contributed by atoms with Crippen molar-refractivity contribution < 1.29 is 5.11 Å². The summed E-state index contributed by atoms with van der Waals surface area (Å²) in [4.78, 5) is 23.7. The first-order valence-electron chi connectivity index (χ1n) is 3.64. The van der Waals surface area contributed by atoms with Gasteiger partial charge in [0, 0.05) is 25.4 Å². The van der Waals surface area contributed by atoms with Crippen LogP contribution in [-0.2, 0) is 6.54 Å². The number of nitrogens with one attached hydrogen (secondary N) is 1. The van der Waals surface area contributed by atoms with E-state index in [9.17, 15) is 9.59 Å². The van der Waals surface area contributed by atoms with Crippen LogP contribution in [0.3, 0.4) is 0 Å².